The van der Waals surface area contributed by atoms with Gasteiger partial charge in [-0.2, -0.15) is 5.26 Å². The molecule has 0 aliphatic heterocycles. The third kappa shape index (κ3) is 1.92. The number of nitriles is 1. The molecule has 68 valence electrons. The zero-order valence-corrected chi connectivity index (χ0v) is 7.95. The summed E-state index contributed by atoms with van der Waals surface area (Å²) in [6.07, 6.45) is 4.99. The van der Waals surface area contributed by atoms with Crippen molar-refractivity contribution in [1.29, 1.82) is 5.26 Å². The highest BCUT2D eigenvalue weighted by Crippen LogP contribution is 2.21. The lowest BCUT2D eigenvalue weighted by Crippen LogP contribution is -1.82. The predicted octanol–water partition coefficient (Wildman–Crippen LogP) is 1.83. The second kappa shape index (κ2) is 3.94. The Morgan fingerprint density at radius 1 is 1.36 bits per heavy atom. The molecule has 0 aliphatic carbocycles. The van der Waals surface area contributed by atoms with E-state index >= 15 is 0 Å². The molecule has 0 saturated carbocycles. The maximum atomic E-state index is 8.57. The summed E-state index contributed by atoms with van der Waals surface area (Å²) in [6, 6.07) is 5.55. The van der Waals surface area contributed by atoms with Gasteiger partial charge in [-0.05, 0) is 23.9 Å². The summed E-state index contributed by atoms with van der Waals surface area (Å²) in [6.45, 7) is 0. The number of nitrogens with zero attached hydrogens (tertiary/aromatic N) is 3. The summed E-state index contributed by atoms with van der Waals surface area (Å²) in [5, 5.41) is 10.2. The van der Waals surface area contributed by atoms with Crippen LogP contribution in [0.2, 0.25) is 0 Å². The fourth-order valence-corrected chi connectivity index (χ4v) is 1.59. The van der Waals surface area contributed by atoms with E-state index < -0.39 is 0 Å². The van der Waals surface area contributed by atoms with Crippen LogP contribution in [-0.2, 0) is 0 Å². The van der Waals surface area contributed by atoms with Gasteiger partial charge in [-0.1, -0.05) is 0 Å². The molecule has 0 saturated heterocycles. The molecule has 0 bridgehead atoms. The number of rotatable bonds is 2. The van der Waals surface area contributed by atoms with Crippen molar-refractivity contribution >= 4 is 11.8 Å². The molecule has 0 aromatic carbocycles. The van der Waals surface area contributed by atoms with Crippen LogP contribution in [-0.4, -0.2) is 15.0 Å². The Labute approximate surface area is 85.0 Å². The van der Waals surface area contributed by atoms with Crippen LogP contribution in [0, 0.1) is 11.3 Å². The van der Waals surface area contributed by atoms with Gasteiger partial charge in [0.05, 0.1) is 5.56 Å². The number of imidazole rings is 1. The maximum Gasteiger partial charge on any atom is 0.171 e. The van der Waals surface area contributed by atoms with Crippen LogP contribution in [0.5, 0.6) is 0 Å². The van der Waals surface area contributed by atoms with E-state index in [1.807, 2.05) is 6.07 Å². The lowest BCUT2D eigenvalue weighted by molar-refractivity contribution is 1.04. The van der Waals surface area contributed by atoms with E-state index in [2.05, 4.69) is 15.0 Å². The highest BCUT2D eigenvalue weighted by Gasteiger charge is 1.99. The Kier molecular flexibility index (Phi) is 2.47. The second-order valence-electron chi connectivity index (χ2n) is 2.49. The standard InChI is InChI=1S/C9H6N4S/c10-5-7-1-2-8(13-6-7)14-9-11-3-4-12-9/h1-4,6H,(H,11,12). The van der Waals surface area contributed by atoms with Crippen LogP contribution < -0.4 is 0 Å². The van der Waals surface area contributed by atoms with E-state index in [-0.39, 0.29) is 0 Å². The van der Waals surface area contributed by atoms with Gasteiger partial charge in [-0.15, -0.1) is 0 Å². The average Bonchev–Trinajstić information content (AvgIpc) is 2.72. The maximum absolute atomic E-state index is 8.57. The lowest BCUT2D eigenvalue weighted by atomic mass is 10.3. The Balaban J connectivity index is 2.15. The van der Waals surface area contributed by atoms with Crippen LogP contribution in [0.4, 0.5) is 0 Å². The molecule has 1 N–H and O–H groups in total. The summed E-state index contributed by atoms with van der Waals surface area (Å²) in [4.78, 5) is 11.1. The topological polar surface area (TPSA) is 65.4 Å². The third-order valence-electron chi connectivity index (χ3n) is 1.54. The monoisotopic (exact) mass is 202 g/mol. The fraction of sp³-hybridized carbons (Fsp3) is 0. The molecule has 2 aromatic rings. The van der Waals surface area contributed by atoms with Crippen molar-refractivity contribution < 1.29 is 0 Å². The average molecular weight is 202 g/mol. The first-order valence-corrected chi connectivity index (χ1v) is 4.73. The van der Waals surface area contributed by atoms with Crippen molar-refractivity contribution in [3.05, 3.63) is 36.3 Å². The van der Waals surface area contributed by atoms with Gasteiger partial charge in [-0.25, -0.2) is 9.97 Å². The summed E-state index contributed by atoms with van der Waals surface area (Å²) >= 11 is 1.43. The number of hydrogen-bond acceptors (Lipinski definition) is 4. The second-order valence-corrected chi connectivity index (χ2v) is 3.50. The van der Waals surface area contributed by atoms with Gasteiger partial charge in [0.25, 0.3) is 0 Å². The number of nitrogens with one attached hydrogen (secondary N) is 1. The normalized spacial score (nSPS) is 9.64. The van der Waals surface area contributed by atoms with Crippen molar-refractivity contribution in [3.63, 3.8) is 0 Å². The molecule has 14 heavy (non-hydrogen) atoms. The quantitative estimate of drug-likeness (QED) is 0.806. The van der Waals surface area contributed by atoms with Gasteiger partial charge >= 0.3 is 0 Å². The minimum atomic E-state index is 0.564. The van der Waals surface area contributed by atoms with Crippen molar-refractivity contribution in [2.24, 2.45) is 0 Å². The van der Waals surface area contributed by atoms with E-state index in [0.717, 1.165) is 10.2 Å². The Morgan fingerprint density at radius 3 is 2.86 bits per heavy atom. The molecule has 5 heteroatoms. The Bertz CT molecular complexity index is 441. The largest absolute Gasteiger partial charge is 0.339 e. The minimum Gasteiger partial charge on any atom is -0.339 e. The number of H-pyrrole nitrogens is 1. The zero-order chi connectivity index (χ0) is 9.80. The van der Waals surface area contributed by atoms with Gasteiger partial charge in [-0.3, -0.25) is 0 Å². The van der Waals surface area contributed by atoms with Gasteiger partial charge in [0.1, 0.15) is 11.1 Å². The van der Waals surface area contributed by atoms with Gasteiger partial charge < -0.3 is 4.98 Å². The predicted molar refractivity (Wildman–Crippen MR) is 51.7 cm³/mol. The number of aromatic amines is 1. The summed E-state index contributed by atoms with van der Waals surface area (Å²) in [5.41, 5.74) is 0.564. The molecule has 0 radical (unpaired) electrons. The highest BCUT2D eigenvalue weighted by molar-refractivity contribution is 7.99. The van der Waals surface area contributed by atoms with Gasteiger partial charge in [0.15, 0.2) is 5.16 Å². The van der Waals surface area contributed by atoms with Crippen LogP contribution in [0.3, 0.4) is 0 Å². The molecule has 0 fully saturated rings. The van der Waals surface area contributed by atoms with E-state index in [1.165, 1.54) is 11.8 Å². The van der Waals surface area contributed by atoms with E-state index in [4.69, 9.17) is 5.26 Å². The molecule has 4 nitrogen and oxygen atoms in total. The molecule has 0 atom stereocenters. The molecule has 2 rings (SSSR count). The van der Waals surface area contributed by atoms with Gasteiger partial charge in [0.2, 0.25) is 0 Å². The van der Waals surface area contributed by atoms with E-state index in [1.54, 1.807) is 30.7 Å². The van der Waals surface area contributed by atoms with Crippen molar-refractivity contribution in [1.82, 2.24) is 15.0 Å². The SMILES string of the molecule is N#Cc1ccc(Sc2ncc[nH]2)nc1. The molecule has 0 amide bonds. The van der Waals surface area contributed by atoms with E-state index in [0.29, 0.717) is 5.56 Å². The number of pyridine rings is 1. The fourth-order valence-electron chi connectivity index (χ4n) is 0.912. The number of hydrogen-bond donors (Lipinski definition) is 1. The van der Waals surface area contributed by atoms with Crippen LogP contribution in [0.1, 0.15) is 5.56 Å². The summed E-state index contributed by atoms with van der Waals surface area (Å²) in [5.74, 6) is 0. The minimum absolute atomic E-state index is 0.564. The summed E-state index contributed by atoms with van der Waals surface area (Å²) in [7, 11) is 0. The molecular formula is C9H6N4S. The van der Waals surface area contributed by atoms with Crippen LogP contribution in [0.25, 0.3) is 0 Å². The number of aromatic nitrogens is 3. The lowest BCUT2D eigenvalue weighted by Gasteiger charge is -1.95. The molecule has 0 spiro atoms. The zero-order valence-electron chi connectivity index (χ0n) is 7.14. The molecule has 2 heterocycles. The third-order valence-corrected chi connectivity index (χ3v) is 2.41. The molecule has 0 unspecified atom stereocenters. The highest BCUT2D eigenvalue weighted by atomic mass is 32.2. The van der Waals surface area contributed by atoms with Crippen molar-refractivity contribution in [3.8, 4) is 6.07 Å². The Hall–Kier alpha value is -1.80. The van der Waals surface area contributed by atoms with Crippen LogP contribution in [0.15, 0.2) is 40.9 Å². The summed E-state index contributed by atoms with van der Waals surface area (Å²) < 4.78 is 0. The van der Waals surface area contributed by atoms with E-state index in [9.17, 15) is 0 Å². The first-order chi connectivity index (χ1) is 6.88. The smallest absolute Gasteiger partial charge is 0.171 e. The molecule has 2 aromatic heterocycles. The van der Waals surface area contributed by atoms with Crippen LogP contribution >= 0.6 is 11.8 Å². The first kappa shape index (κ1) is 8.78. The van der Waals surface area contributed by atoms with Crippen molar-refractivity contribution in [2.75, 3.05) is 0 Å². The Morgan fingerprint density at radius 2 is 2.29 bits per heavy atom. The molecule has 0 aliphatic rings. The molecular weight excluding hydrogens is 196 g/mol. The van der Waals surface area contributed by atoms with Gasteiger partial charge in [0, 0.05) is 18.6 Å². The first-order valence-electron chi connectivity index (χ1n) is 3.92. The van der Waals surface area contributed by atoms with Crippen molar-refractivity contribution in [2.45, 2.75) is 10.2 Å².